The number of hydrazone groups is 1. The average molecular weight is 419 g/mol. The summed E-state index contributed by atoms with van der Waals surface area (Å²) in [5, 5.41) is 6.08. The molecule has 1 aliphatic heterocycles. The van der Waals surface area contributed by atoms with E-state index in [4.69, 9.17) is 0 Å². The van der Waals surface area contributed by atoms with Gasteiger partial charge in [0.2, 0.25) is 5.91 Å². The molecule has 1 aliphatic rings. The molecule has 1 unspecified atom stereocenters. The lowest BCUT2D eigenvalue weighted by atomic mass is 9.98. The lowest BCUT2D eigenvalue weighted by molar-refractivity contribution is -0.130. The van der Waals surface area contributed by atoms with Crippen LogP contribution in [0.15, 0.2) is 94.9 Å². The monoisotopic (exact) mass is 418 g/mol. The molecular weight excluding hydrogens is 396 g/mol. The van der Waals surface area contributed by atoms with Crippen molar-refractivity contribution in [2.45, 2.75) is 30.0 Å². The van der Waals surface area contributed by atoms with Gasteiger partial charge in [0, 0.05) is 13.3 Å². The van der Waals surface area contributed by atoms with Crippen molar-refractivity contribution in [3.8, 4) is 0 Å². The zero-order chi connectivity index (χ0) is 21.1. The number of carbonyl (C=O) groups excluding carboxylic acids is 1. The van der Waals surface area contributed by atoms with Crippen molar-refractivity contribution in [3.63, 3.8) is 0 Å². The topological polar surface area (TPSA) is 66.8 Å². The first-order chi connectivity index (χ1) is 14.4. The van der Waals surface area contributed by atoms with Crippen LogP contribution in [0.25, 0.3) is 0 Å². The van der Waals surface area contributed by atoms with Gasteiger partial charge in [-0.1, -0.05) is 72.8 Å². The smallest absolute Gasteiger partial charge is 0.240 e. The highest BCUT2D eigenvalue weighted by Crippen LogP contribution is 2.32. The Morgan fingerprint density at radius 1 is 0.933 bits per heavy atom. The third kappa shape index (κ3) is 4.19. The summed E-state index contributed by atoms with van der Waals surface area (Å²) in [6.45, 7) is 1.51. The summed E-state index contributed by atoms with van der Waals surface area (Å²) in [6.07, 6.45) is 0.616. The quantitative estimate of drug-likeness (QED) is 0.618. The van der Waals surface area contributed by atoms with E-state index in [1.807, 2.05) is 54.6 Å². The molecule has 152 valence electrons. The summed E-state index contributed by atoms with van der Waals surface area (Å²) in [5.74, 6) is -0.167. The van der Waals surface area contributed by atoms with Crippen molar-refractivity contribution in [1.29, 1.82) is 0 Å². The van der Waals surface area contributed by atoms with Gasteiger partial charge in [0.1, 0.15) is 0 Å². The van der Waals surface area contributed by atoms with Gasteiger partial charge in [-0.3, -0.25) is 4.79 Å². The van der Waals surface area contributed by atoms with E-state index >= 15 is 0 Å². The molecule has 4 rings (SSSR count). The van der Waals surface area contributed by atoms with Crippen LogP contribution in [0, 0.1) is 0 Å². The van der Waals surface area contributed by atoms with Gasteiger partial charge in [0.05, 0.1) is 22.4 Å². The van der Waals surface area contributed by atoms with E-state index in [1.165, 1.54) is 11.9 Å². The zero-order valence-electron chi connectivity index (χ0n) is 16.6. The number of hydrogen-bond acceptors (Lipinski definition) is 4. The van der Waals surface area contributed by atoms with Crippen LogP contribution in [-0.4, -0.2) is 25.0 Å². The fraction of sp³-hybridized carbons (Fsp3) is 0.167. The van der Waals surface area contributed by atoms with E-state index in [-0.39, 0.29) is 17.7 Å². The summed E-state index contributed by atoms with van der Waals surface area (Å²) in [7, 11) is -3.39. The highest BCUT2D eigenvalue weighted by molar-refractivity contribution is 7.90. The minimum atomic E-state index is -3.39. The van der Waals surface area contributed by atoms with Gasteiger partial charge >= 0.3 is 0 Å². The Balaban J connectivity index is 1.54. The second kappa shape index (κ2) is 8.24. The molecule has 0 N–H and O–H groups in total. The highest BCUT2D eigenvalue weighted by atomic mass is 32.2. The molecule has 0 fully saturated rings. The van der Waals surface area contributed by atoms with Crippen LogP contribution in [0.4, 0.5) is 0 Å². The zero-order valence-corrected chi connectivity index (χ0v) is 17.4. The maximum atomic E-state index is 12.6. The second-order valence-corrected chi connectivity index (χ2v) is 9.30. The summed E-state index contributed by atoms with van der Waals surface area (Å²) in [6, 6.07) is 25.5. The first-order valence-corrected chi connectivity index (χ1v) is 11.4. The molecule has 1 atom stereocenters. The molecule has 30 heavy (non-hydrogen) atoms. The first-order valence-electron chi connectivity index (χ1n) is 9.73. The van der Waals surface area contributed by atoms with Crippen LogP contribution in [0.1, 0.15) is 36.1 Å². The van der Waals surface area contributed by atoms with Gasteiger partial charge in [-0.25, -0.2) is 13.4 Å². The number of amides is 1. The molecular formula is C24H22N2O3S. The number of nitrogens with zero attached hydrogens (tertiary/aromatic N) is 2. The molecule has 1 heterocycles. The fourth-order valence-corrected chi connectivity index (χ4v) is 5.00. The Labute approximate surface area is 176 Å². The Morgan fingerprint density at radius 3 is 2.13 bits per heavy atom. The highest BCUT2D eigenvalue weighted by Gasteiger charge is 2.31. The van der Waals surface area contributed by atoms with Crippen molar-refractivity contribution in [3.05, 3.63) is 102 Å². The van der Waals surface area contributed by atoms with Crippen LogP contribution < -0.4 is 0 Å². The van der Waals surface area contributed by atoms with E-state index < -0.39 is 9.84 Å². The van der Waals surface area contributed by atoms with Crippen LogP contribution in [-0.2, 0) is 20.4 Å². The summed E-state index contributed by atoms with van der Waals surface area (Å²) < 4.78 is 25.2. The molecule has 3 aromatic rings. The largest absolute Gasteiger partial charge is 0.273 e. The summed E-state index contributed by atoms with van der Waals surface area (Å²) in [4.78, 5) is 12.4. The Bertz CT molecular complexity index is 1170. The fourth-order valence-electron chi connectivity index (χ4n) is 3.63. The minimum absolute atomic E-state index is 0.0595. The van der Waals surface area contributed by atoms with Crippen molar-refractivity contribution >= 4 is 21.5 Å². The van der Waals surface area contributed by atoms with E-state index in [2.05, 4.69) is 5.10 Å². The van der Waals surface area contributed by atoms with E-state index in [9.17, 15) is 13.2 Å². The SMILES string of the molecule is CC(=O)N1N=C(c2ccc(CS(=O)(=O)c3ccccc3)cc2)CC1c1ccccc1. The maximum absolute atomic E-state index is 12.6. The van der Waals surface area contributed by atoms with Crippen LogP contribution in [0.2, 0.25) is 0 Å². The van der Waals surface area contributed by atoms with Crippen LogP contribution in [0.5, 0.6) is 0 Å². The Morgan fingerprint density at radius 2 is 1.53 bits per heavy atom. The predicted octanol–water partition coefficient (Wildman–Crippen LogP) is 4.36. The molecule has 0 bridgehead atoms. The number of hydrogen-bond donors (Lipinski definition) is 0. The lowest BCUT2D eigenvalue weighted by Gasteiger charge is -2.20. The van der Waals surface area contributed by atoms with Gasteiger partial charge in [-0.15, -0.1) is 0 Å². The number of sulfone groups is 1. The normalized spacial score (nSPS) is 16.4. The van der Waals surface area contributed by atoms with Crippen molar-refractivity contribution < 1.29 is 13.2 Å². The molecule has 1 amide bonds. The number of carbonyl (C=O) groups is 1. The number of benzene rings is 3. The maximum Gasteiger partial charge on any atom is 0.240 e. The van der Waals surface area contributed by atoms with Crippen LogP contribution in [0.3, 0.4) is 0 Å². The summed E-state index contributed by atoms with van der Waals surface area (Å²) >= 11 is 0. The molecule has 0 aliphatic carbocycles. The predicted molar refractivity (Wildman–Crippen MR) is 117 cm³/mol. The minimum Gasteiger partial charge on any atom is -0.273 e. The van der Waals surface area contributed by atoms with Gasteiger partial charge in [-0.05, 0) is 28.8 Å². The van der Waals surface area contributed by atoms with E-state index in [1.54, 1.807) is 30.3 Å². The third-order valence-corrected chi connectivity index (χ3v) is 6.87. The molecule has 0 saturated heterocycles. The van der Waals surface area contributed by atoms with Gasteiger partial charge in [0.15, 0.2) is 9.84 Å². The standard InChI is InChI=1S/C24H22N2O3S/c1-18(27)26-24(21-8-4-2-5-9-21)16-23(25-26)20-14-12-19(13-15-20)17-30(28,29)22-10-6-3-7-11-22/h2-15,24H,16-17H2,1H3. The molecule has 5 nitrogen and oxygen atoms in total. The molecule has 0 radical (unpaired) electrons. The number of rotatable bonds is 5. The van der Waals surface area contributed by atoms with Crippen LogP contribution >= 0.6 is 0 Å². The first kappa shape index (κ1) is 20.0. The summed E-state index contributed by atoms with van der Waals surface area (Å²) in [5.41, 5.74) is 3.46. The van der Waals surface area contributed by atoms with E-state index in [0.29, 0.717) is 16.9 Å². The van der Waals surface area contributed by atoms with Crippen molar-refractivity contribution in [2.24, 2.45) is 5.10 Å². The average Bonchev–Trinajstić information content (AvgIpc) is 3.21. The van der Waals surface area contributed by atoms with Gasteiger partial charge in [-0.2, -0.15) is 5.10 Å². The van der Waals surface area contributed by atoms with Crippen molar-refractivity contribution in [2.75, 3.05) is 0 Å². The van der Waals surface area contributed by atoms with Gasteiger partial charge in [0.25, 0.3) is 0 Å². The molecule has 0 aromatic heterocycles. The Kier molecular flexibility index (Phi) is 5.50. The Hall–Kier alpha value is -3.25. The molecule has 0 saturated carbocycles. The third-order valence-electron chi connectivity index (χ3n) is 5.16. The van der Waals surface area contributed by atoms with E-state index in [0.717, 1.165) is 16.8 Å². The van der Waals surface area contributed by atoms with Gasteiger partial charge < -0.3 is 0 Å². The second-order valence-electron chi connectivity index (χ2n) is 7.31. The molecule has 3 aromatic carbocycles. The lowest BCUT2D eigenvalue weighted by Crippen LogP contribution is -2.24. The molecule has 0 spiro atoms. The molecule has 6 heteroatoms. The van der Waals surface area contributed by atoms with Crippen molar-refractivity contribution in [1.82, 2.24) is 5.01 Å².